The quantitative estimate of drug-likeness (QED) is 0.446. The summed E-state index contributed by atoms with van der Waals surface area (Å²) in [6, 6.07) is 0. The Morgan fingerprint density at radius 3 is 1.97 bits per heavy atom. The number of carbonyl (C=O) groups is 4. The van der Waals surface area contributed by atoms with Crippen molar-refractivity contribution < 1.29 is 23.9 Å². The highest BCUT2D eigenvalue weighted by molar-refractivity contribution is 6.41. The van der Waals surface area contributed by atoms with Crippen molar-refractivity contribution in [3.8, 4) is 0 Å². The lowest BCUT2D eigenvalue weighted by molar-refractivity contribution is -0.146. The summed E-state index contributed by atoms with van der Waals surface area (Å²) >= 11 is 0. The Labute approximate surface area is 181 Å². The number of esters is 1. The number of ether oxygens (including phenoxy) is 1. The summed E-state index contributed by atoms with van der Waals surface area (Å²) in [5.74, 6) is -2.47. The largest absolute Gasteiger partial charge is 0.461 e. The molecule has 2 heterocycles. The molecule has 158 valence electrons. The first kappa shape index (κ1) is 23.2. The molecule has 0 N–H and O–H groups in total. The maximum atomic E-state index is 12.5. The number of allylic oxidation sites excluding steroid dienone is 14. The number of hydrogen-bond donors (Lipinski definition) is 0. The van der Waals surface area contributed by atoms with Crippen LogP contribution in [-0.2, 0) is 23.9 Å². The first-order valence-corrected chi connectivity index (χ1v) is 9.71. The SMILES string of the molecule is O=C1C=CC=CC=CC=CC=CC=CC(=O)C(=O)N2CC=CC=C2C(=O)OCCC=C1. The number of nitrogens with zero attached hydrogens (tertiary/aromatic N) is 1. The fraction of sp³-hybridized carbons (Fsp3) is 0.120. The highest BCUT2D eigenvalue weighted by atomic mass is 16.5. The topological polar surface area (TPSA) is 80.8 Å². The number of hydrogen-bond acceptors (Lipinski definition) is 5. The molecule has 0 radical (unpaired) electrons. The van der Waals surface area contributed by atoms with Gasteiger partial charge in [0.15, 0.2) is 5.78 Å². The third kappa shape index (κ3) is 8.45. The van der Waals surface area contributed by atoms with Gasteiger partial charge in [-0.3, -0.25) is 19.3 Å². The number of rotatable bonds is 0. The van der Waals surface area contributed by atoms with E-state index in [1.807, 2.05) is 0 Å². The second-order valence-electron chi connectivity index (χ2n) is 6.25. The molecule has 6 nitrogen and oxygen atoms in total. The zero-order chi connectivity index (χ0) is 22.3. The number of fused-ring (bicyclic) bond motifs is 1. The molecular formula is C25H23NO5. The predicted molar refractivity (Wildman–Crippen MR) is 119 cm³/mol. The van der Waals surface area contributed by atoms with Crippen molar-refractivity contribution in [3.63, 3.8) is 0 Å². The normalized spacial score (nSPS) is 18.8. The second-order valence-corrected chi connectivity index (χ2v) is 6.25. The van der Waals surface area contributed by atoms with Gasteiger partial charge in [-0.2, -0.15) is 0 Å². The van der Waals surface area contributed by atoms with Gasteiger partial charge in [-0.15, -0.1) is 0 Å². The van der Waals surface area contributed by atoms with Gasteiger partial charge in [0.1, 0.15) is 5.70 Å². The summed E-state index contributed by atoms with van der Waals surface area (Å²) in [5, 5.41) is 0. The van der Waals surface area contributed by atoms with Crippen LogP contribution in [0.15, 0.2) is 109 Å². The van der Waals surface area contributed by atoms with Crippen LogP contribution in [0, 0.1) is 0 Å². The summed E-state index contributed by atoms with van der Waals surface area (Å²) in [5.41, 5.74) is -0.00678. The van der Waals surface area contributed by atoms with Crippen molar-refractivity contribution in [2.24, 2.45) is 0 Å². The van der Waals surface area contributed by atoms with E-state index in [1.54, 1.807) is 72.9 Å². The molecule has 0 aromatic heterocycles. The molecular weight excluding hydrogens is 394 g/mol. The van der Waals surface area contributed by atoms with Crippen LogP contribution in [0.4, 0.5) is 0 Å². The molecule has 0 saturated carbocycles. The molecule has 0 atom stereocenters. The molecule has 2 rings (SSSR count). The van der Waals surface area contributed by atoms with Gasteiger partial charge in [0.25, 0.3) is 5.91 Å². The Bertz CT molecular complexity index is 968. The van der Waals surface area contributed by atoms with Crippen molar-refractivity contribution in [1.29, 1.82) is 0 Å². The Morgan fingerprint density at radius 2 is 1.29 bits per heavy atom. The number of amides is 1. The summed E-state index contributed by atoms with van der Waals surface area (Å²) in [4.78, 5) is 49.8. The lowest BCUT2D eigenvalue weighted by atomic mass is 10.2. The standard InChI is InChI=1S/C25H23NO5/c27-21-15-9-7-5-3-1-2-4-6-8-10-18-23(28)24(29)26-19-13-11-17-22(26)25(30)31-20-14-12-16-21/h1-13,15-18H,14,19-20H2. The molecule has 31 heavy (non-hydrogen) atoms. The molecule has 2 aliphatic rings. The van der Waals surface area contributed by atoms with Crippen LogP contribution in [0.2, 0.25) is 0 Å². The summed E-state index contributed by atoms with van der Waals surface area (Å²) < 4.78 is 5.17. The van der Waals surface area contributed by atoms with E-state index in [9.17, 15) is 19.2 Å². The summed E-state index contributed by atoms with van der Waals surface area (Å²) in [7, 11) is 0. The fourth-order valence-electron chi connectivity index (χ4n) is 2.44. The smallest absolute Gasteiger partial charge is 0.355 e. The third-order valence-electron chi connectivity index (χ3n) is 3.94. The third-order valence-corrected chi connectivity index (χ3v) is 3.94. The maximum absolute atomic E-state index is 12.5. The monoisotopic (exact) mass is 417 g/mol. The molecule has 0 aliphatic carbocycles. The Kier molecular flexibility index (Phi) is 9.90. The minimum absolute atomic E-state index is 0.00678. The van der Waals surface area contributed by atoms with Gasteiger partial charge < -0.3 is 4.74 Å². The highest BCUT2D eigenvalue weighted by Crippen LogP contribution is 2.13. The van der Waals surface area contributed by atoms with Crippen LogP contribution in [0.5, 0.6) is 0 Å². The molecule has 0 fully saturated rings. The lowest BCUT2D eigenvalue weighted by Gasteiger charge is -2.23. The average molecular weight is 417 g/mol. The van der Waals surface area contributed by atoms with Gasteiger partial charge in [0.05, 0.1) is 6.61 Å². The number of carbonyl (C=O) groups excluding carboxylic acids is 4. The Balaban J connectivity index is 2.16. The van der Waals surface area contributed by atoms with Crippen molar-refractivity contribution in [3.05, 3.63) is 109 Å². The highest BCUT2D eigenvalue weighted by Gasteiger charge is 2.28. The van der Waals surface area contributed by atoms with E-state index in [4.69, 9.17) is 4.74 Å². The molecule has 0 aromatic rings. The van der Waals surface area contributed by atoms with Crippen molar-refractivity contribution in [1.82, 2.24) is 4.90 Å². The minimum atomic E-state index is -0.821. The van der Waals surface area contributed by atoms with Gasteiger partial charge in [0, 0.05) is 6.54 Å². The fourth-order valence-corrected chi connectivity index (χ4v) is 2.44. The first-order valence-electron chi connectivity index (χ1n) is 9.71. The summed E-state index contributed by atoms with van der Waals surface area (Å²) in [6.45, 7) is 0.130. The zero-order valence-electron chi connectivity index (χ0n) is 16.9. The van der Waals surface area contributed by atoms with E-state index in [0.717, 1.165) is 11.0 Å². The first-order chi connectivity index (χ1) is 15.1. The molecule has 0 spiro atoms. The molecule has 6 heteroatoms. The van der Waals surface area contributed by atoms with Gasteiger partial charge >= 0.3 is 5.97 Å². The van der Waals surface area contributed by atoms with E-state index in [-0.39, 0.29) is 24.6 Å². The number of cyclic esters (lactones) is 1. The van der Waals surface area contributed by atoms with E-state index >= 15 is 0 Å². The molecule has 1 amide bonds. The van der Waals surface area contributed by atoms with Crippen molar-refractivity contribution in [2.75, 3.05) is 13.2 Å². The van der Waals surface area contributed by atoms with Crippen LogP contribution < -0.4 is 0 Å². The van der Waals surface area contributed by atoms with E-state index in [0.29, 0.717) is 6.42 Å². The molecule has 0 unspecified atom stereocenters. The maximum Gasteiger partial charge on any atom is 0.355 e. The zero-order valence-corrected chi connectivity index (χ0v) is 16.9. The van der Waals surface area contributed by atoms with Gasteiger partial charge in [-0.1, -0.05) is 79.0 Å². The van der Waals surface area contributed by atoms with Crippen molar-refractivity contribution in [2.45, 2.75) is 6.42 Å². The lowest BCUT2D eigenvalue weighted by Crippen LogP contribution is -2.39. The minimum Gasteiger partial charge on any atom is -0.461 e. The van der Waals surface area contributed by atoms with E-state index in [1.165, 1.54) is 24.3 Å². The van der Waals surface area contributed by atoms with Crippen LogP contribution in [-0.4, -0.2) is 41.5 Å². The summed E-state index contributed by atoms with van der Waals surface area (Å²) in [6.07, 6.45) is 27.7. The van der Waals surface area contributed by atoms with Gasteiger partial charge in [-0.25, -0.2) is 4.79 Å². The van der Waals surface area contributed by atoms with Gasteiger partial charge in [0.2, 0.25) is 5.78 Å². The van der Waals surface area contributed by atoms with E-state index < -0.39 is 17.7 Å². The Morgan fingerprint density at radius 1 is 0.677 bits per heavy atom. The van der Waals surface area contributed by atoms with Crippen LogP contribution in [0.3, 0.4) is 0 Å². The number of ketones is 2. The van der Waals surface area contributed by atoms with Crippen LogP contribution in [0.1, 0.15) is 6.42 Å². The van der Waals surface area contributed by atoms with Crippen LogP contribution >= 0.6 is 0 Å². The second kappa shape index (κ2) is 13.2. The molecule has 0 saturated heterocycles. The van der Waals surface area contributed by atoms with Crippen molar-refractivity contribution >= 4 is 23.4 Å². The Hall–Kier alpha value is -4.06. The molecule has 2 aliphatic heterocycles. The van der Waals surface area contributed by atoms with E-state index in [2.05, 4.69) is 0 Å². The molecule has 0 bridgehead atoms. The predicted octanol–water partition coefficient (Wildman–Crippen LogP) is 3.25. The van der Waals surface area contributed by atoms with Crippen LogP contribution in [0.25, 0.3) is 0 Å². The van der Waals surface area contributed by atoms with Gasteiger partial charge in [-0.05, 0) is 30.7 Å². The molecule has 0 aromatic carbocycles. The average Bonchev–Trinajstić information content (AvgIpc) is 2.78.